The quantitative estimate of drug-likeness (QED) is 0.658. The molecule has 0 spiro atoms. The first-order valence-electron chi connectivity index (χ1n) is 5.33. The minimum Gasteiger partial charge on any atom is -0.619 e. The Kier molecular flexibility index (Phi) is 3.43. The van der Waals surface area contributed by atoms with Crippen molar-refractivity contribution in [1.82, 2.24) is 0 Å². The van der Waals surface area contributed by atoms with Crippen LogP contribution < -0.4 is 14.8 Å². The largest absolute Gasteiger partial charge is 0.619 e. The van der Waals surface area contributed by atoms with E-state index in [1.807, 2.05) is 0 Å². The average molecular weight is 244 g/mol. The first-order valence-corrected chi connectivity index (χ1v) is 5.33. The number of benzene rings is 1. The van der Waals surface area contributed by atoms with E-state index in [9.17, 15) is 10.0 Å². The fourth-order valence-corrected chi connectivity index (χ4v) is 1.44. The maximum absolute atomic E-state index is 11.8. The molecule has 0 saturated heterocycles. The van der Waals surface area contributed by atoms with E-state index >= 15 is 0 Å². The summed E-state index contributed by atoms with van der Waals surface area (Å²) in [5.41, 5.74) is 1.09. The van der Waals surface area contributed by atoms with Gasteiger partial charge in [0.1, 0.15) is 5.75 Å². The molecular formula is C13H12N2O3. The maximum Gasteiger partial charge on any atom is 0.256 e. The first kappa shape index (κ1) is 11.9. The molecule has 1 N–H and O–H groups in total. The smallest absolute Gasteiger partial charge is 0.256 e. The summed E-state index contributed by atoms with van der Waals surface area (Å²) in [5, 5.41) is 13.6. The van der Waals surface area contributed by atoms with E-state index in [1.165, 1.54) is 24.5 Å². The van der Waals surface area contributed by atoms with E-state index in [0.717, 1.165) is 5.75 Å². The molecule has 0 saturated carbocycles. The summed E-state index contributed by atoms with van der Waals surface area (Å²) in [7, 11) is 1.58. The lowest BCUT2D eigenvalue weighted by Gasteiger charge is -2.06. The molecular weight excluding hydrogens is 232 g/mol. The van der Waals surface area contributed by atoms with Gasteiger partial charge in [-0.3, -0.25) is 4.79 Å². The van der Waals surface area contributed by atoms with Gasteiger partial charge in [-0.15, -0.1) is 0 Å². The number of methoxy groups -OCH3 is 1. The fourth-order valence-electron chi connectivity index (χ4n) is 1.44. The number of nitrogens with one attached hydrogen (secondary N) is 1. The van der Waals surface area contributed by atoms with Crippen molar-refractivity contribution >= 4 is 11.6 Å². The van der Waals surface area contributed by atoms with Gasteiger partial charge in [0.25, 0.3) is 5.91 Å². The molecule has 1 heterocycles. The van der Waals surface area contributed by atoms with E-state index in [4.69, 9.17) is 4.74 Å². The van der Waals surface area contributed by atoms with Crippen molar-refractivity contribution in [1.29, 1.82) is 0 Å². The van der Waals surface area contributed by atoms with Crippen molar-refractivity contribution in [2.75, 3.05) is 12.4 Å². The minimum atomic E-state index is -0.263. The molecule has 1 aromatic carbocycles. The number of anilines is 1. The van der Waals surface area contributed by atoms with Crippen LogP contribution in [0.4, 0.5) is 5.69 Å². The number of carbonyl (C=O) groups is 1. The molecule has 0 bridgehead atoms. The monoisotopic (exact) mass is 244 g/mol. The molecule has 5 nitrogen and oxygen atoms in total. The lowest BCUT2D eigenvalue weighted by molar-refractivity contribution is -0.605. The van der Waals surface area contributed by atoms with Crippen LogP contribution in [0.2, 0.25) is 0 Å². The van der Waals surface area contributed by atoms with E-state index < -0.39 is 0 Å². The third kappa shape index (κ3) is 2.76. The van der Waals surface area contributed by atoms with Gasteiger partial charge in [-0.05, 0) is 24.3 Å². The molecule has 0 unspecified atom stereocenters. The van der Waals surface area contributed by atoms with E-state index in [-0.39, 0.29) is 5.91 Å². The van der Waals surface area contributed by atoms with E-state index in [1.54, 1.807) is 31.4 Å². The zero-order valence-corrected chi connectivity index (χ0v) is 9.79. The molecule has 1 amide bonds. The number of pyridine rings is 1. The van der Waals surface area contributed by atoms with Gasteiger partial charge in [0.2, 0.25) is 0 Å². The molecule has 0 aliphatic carbocycles. The second-order valence-electron chi connectivity index (χ2n) is 3.63. The fraction of sp³-hybridized carbons (Fsp3) is 0.0769. The summed E-state index contributed by atoms with van der Waals surface area (Å²) in [6.45, 7) is 0. The van der Waals surface area contributed by atoms with Crippen LogP contribution in [0.25, 0.3) is 0 Å². The van der Waals surface area contributed by atoms with Crippen LogP contribution in [0.1, 0.15) is 10.4 Å². The van der Waals surface area contributed by atoms with Gasteiger partial charge in [0, 0.05) is 17.8 Å². The van der Waals surface area contributed by atoms with Gasteiger partial charge in [-0.2, -0.15) is 4.73 Å². The van der Waals surface area contributed by atoms with Crippen LogP contribution in [0, 0.1) is 5.21 Å². The minimum absolute atomic E-state index is 0.263. The summed E-state index contributed by atoms with van der Waals surface area (Å²) in [5.74, 6) is 0.459. The lowest BCUT2D eigenvalue weighted by atomic mass is 10.2. The molecule has 0 radical (unpaired) electrons. The number of aromatic nitrogens is 1. The normalized spacial score (nSPS) is 9.83. The molecule has 18 heavy (non-hydrogen) atoms. The summed E-state index contributed by atoms with van der Waals surface area (Å²) in [6, 6.07) is 9.93. The van der Waals surface area contributed by atoms with Crippen LogP contribution in [-0.2, 0) is 0 Å². The molecule has 2 rings (SSSR count). The van der Waals surface area contributed by atoms with Crippen LogP contribution >= 0.6 is 0 Å². The number of carbonyl (C=O) groups excluding carboxylic acids is 1. The van der Waals surface area contributed by atoms with Crippen molar-refractivity contribution in [3.05, 3.63) is 59.6 Å². The van der Waals surface area contributed by atoms with Gasteiger partial charge in [0.15, 0.2) is 12.4 Å². The topological polar surface area (TPSA) is 65.3 Å². The highest BCUT2D eigenvalue weighted by Gasteiger charge is 2.07. The van der Waals surface area contributed by atoms with E-state index in [2.05, 4.69) is 5.32 Å². The predicted molar refractivity (Wildman–Crippen MR) is 66.3 cm³/mol. The Morgan fingerprint density at radius 3 is 2.33 bits per heavy atom. The Balaban J connectivity index is 2.08. The molecule has 92 valence electrons. The highest BCUT2D eigenvalue weighted by Crippen LogP contribution is 2.15. The number of rotatable bonds is 3. The number of hydrogen-bond acceptors (Lipinski definition) is 3. The Labute approximate surface area is 104 Å². The van der Waals surface area contributed by atoms with E-state index in [0.29, 0.717) is 16.0 Å². The van der Waals surface area contributed by atoms with Crippen molar-refractivity contribution in [3.63, 3.8) is 0 Å². The lowest BCUT2D eigenvalue weighted by Crippen LogP contribution is -2.25. The molecule has 0 atom stereocenters. The number of ether oxygens (including phenoxy) is 1. The van der Waals surface area contributed by atoms with Gasteiger partial charge in [-0.1, -0.05) is 0 Å². The van der Waals surface area contributed by atoms with Crippen LogP contribution in [-0.4, -0.2) is 13.0 Å². The Morgan fingerprint density at radius 2 is 1.78 bits per heavy atom. The molecule has 0 aliphatic rings. The Bertz CT molecular complexity index is 535. The molecule has 2 aromatic rings. The predicted octanol–water partition coefficient (Wildman–Crippen LogP) is 1.58. The maximum atomic E-state index is 11.8. The molecule has 0 aliphatic heterocycles. The standard InChI is InChI=1S/C13H12N2O3/c1-18-12-4-2-11(3-5-12)14-13(16)10-6-8-15(17)9-7-10/h2-9H,1H3,(H,14,16). The van der Waals surface area contributed by atoms with Gasteiger partial charge in [0.05, 0.1) is 12.7 Å². The average Bonchev–Trinajstić information content (AvgIpc) is 2.40. The van der Waals surface area contributed by atoms with Crippen LogP contribution in [0.3, 0.4) is 0 Å². The third-order valence-corrected chi connectivity index (χ3v) is 2.41. The highest BCUT2D eigenvalue weighted by atomic mass is 16.5. The summed E-state index contributed by atoms with van der Waals surface area (Å²) in [4.78, 5) is 11.8. The van der Waals surface area contributed by atoms with Crippen LogP contribution in [0.5, 0.6) is 5.75 Å². The second-order valence-corrected chi connectivity index (χ2v) is 3.63. The number of hydrogen-bond donors (Lipinski definition) is 1. The SMILES string of the molecule is COc1ccc(NC(=O)c2cc[n+]([O-])cc2)cc1. The van der Waals surface area contributed by atoms with Gasteiger partial charge < -0.3 is 15.3 Å². The number of nitrogens with zero attached hydrogens (tertiary/aromatic N) is 1. The van der Waals surface area contributed by atoms with Crippen molar-refractivity contribution in [3.8, 4) is 5.75 Å². The van der Waals surface area contributed by atoms with Gasteiger partial charge in [-0.25, -0.2) is 0 Å². The molecule has 1 aromatic heterocycles. The third-order valence-electron chi connectivity index (χ3n) is 2.41. The Hall–Kier alpha value is -2.56. The summed E-state index contributed by atoms with van der Waals surface area (Å²) < 4.78 is 5.65. The van der Waals surface area contributed by atoms with Crippen LogP contribution in [0.15, 0.2) is 48.8 Å². The molecule has 5 heteroatoms. The first-order chi connectivity index (χ1) is 8.69. The van der Waals surface area contributed by atoms with Gasteiger partial charge >= 0.3 is 0 Å². The summed E-state index contributed by atoms with van der Waals surface area (Å²) >= 11 is 0. The summed E-state index contributed by atoms with van der Waals surface area (Å²) in [6.07, 6.45) is 2.56. The highest BCUT2D eigenvalue weighted by molar-refractivity contribution is 6.04. The Morgan fingerprint density at radius 1 is 1.17 bits per heavy atom. The zero-order valence-electron chi connectivity index (χ0n) is 9.79. The number of amides is 1. The van der Waals surface area contributed by atoms with Crippen molar-refractivity contribution in [2.45, 2.75) is 0 Å². The zero-order chi connectivity index (χ0) is 13.0. The second kappa shape index (κ2) is 5.18. The van der Waals surface area contributed by atoms with Crippen molar-refractivity contribution < 1.29 is 14.3 Å². The molecule has 0 fully saturated rings. The van der Waals surface area contributed by atoms with Crippen molar-refractivity contribution in [2.24, 2.45) is 0 Å².